The Hall–Kier alpha value is -2.73. The van der Waals surface area contributed by atoms with Crippen molar-refractivity contribution in [3.63, 3.8) is 0 Å². The van der Waals surface area contributed by atoms with Crippen LogP contribution >= 0.6 is 11.6 Å². The number of halogens is 1. The molecule has 7 heteroatoms. The summed E-state index contributed by atoms with van der Waals surface area (Å²) in [4.78, 5) is 16.5. The second-order valence-electron chi connectivity index (χ2n) is 4.17. The molecular weight excluding hydrogens is 304 g/mol. The van der Waals surface area contributed by atoms with Gasteiger partial charge in [0, 0.05) is 12.4 Å². The number of aromatic nitrogens is 4. The van der Waals surface area contributed by atoms with Gasteiger partial charge in [-0.2, -0.15) is 0 Å². The van der Waals surface area contributed by atoms with E-state index in [1.807, 2.05) is 12.1 Å². The van der Waals surface area contributed by atoms with Gasteiger partial charge in [-0.3, -0.25) is 0 Å². The average Bonchev–Trinajstić information content (AvgIpc) is 2.58. The molecule has 2 heterocycles. The number of para-hydroxylation sites is 2. The number of nitrogens with zero attached hydrogens (tertiary/aromatic N) is 4. The van der Waals surface area contributed by atoms with Gasteiger partial charge in [-0.25, -0.2) is 19.9 Å². The van der Waals surface area contributed by atoms with Gasteiger partial charge >= 0.3 is 0 Å². The van der Waals surface area contributed by atoms with E-state index < -0.39 is 0 Å². The Morgan fingerprint density at radius 1 is 0.864 bits per heavy atom. The molecule has 0 bridgehead atoms. The molecule has 3 rings (SSSR count). The van der Waals surface area contributed by atoms with E-state index in [1.54, 1.807) is 37.7 Å². The highest BCUT2D eigenvalue weighted by atomic mass is 35.5. The maximum Gasteiger partial charge on any atom is 0.199 e. The van der Waals surface area contributed by atoms with Crippen molar-refractivity contribution in [2.75, 3.05) is 7.11 Å². The van der Waals surface area contributed by atoms with Crippen LogP contribution in [-0.4, -0.2) is 27.0 Å². The molecule has 0 aliphatic carbocycles. The lowest BCUT2D eigenvalue weighted by Crippen LogP contribution is -1.97. The molecule has 0 spiro atoms. The SMILES string of the molecule is COc1ccccc1Oc1cnc(-c2ncccn2)nc1Cl. The molecule has 1 aromatic carbocycles. The first-order valence-corrected chi connectivity index (χ1v) is 6.76. The molecule has 2 aromatic heterocycles. The summed E-state index contributed by atoms with van der Waals surface area (Å²) in [6, 6.07) is 8.95. The van der Waals surface area contributed by atoms with Gasteiger partial charge in [0.2, 0.25) is 0 Å². The Bertz CT molecular complexity index is 784. The number of methoxy groups -OCH3 is 1. The first kappa shape index (κ1) is 14.2. The van der Waals surface area contributed by atoms with Gasteiger partial charge in [0.1, 0.15) is 0 Å². The van der Waals surface area contributed by atoms with Crippen LogP contribution in [0.3, 0.4) is 0 Å². The highest BCUT2D eigenvalue weighted by Crippen LogP contribution is 2.33. The summed E-state index contributed by atoms with van der Waals surface area (Å²) in [6.07, 6.45) is 4.70. The van der Waals surface area contributed by atoms with Crippen LogP contribution in [-0.2, 0) is 0 Å². The van der Waals surface area contributed by atoms with Crippen LogP contribution in [0.1, 0.15) is 0 Å². The molecule has 110 valence electrons. The number of hydrogen-bond donors (Lipinski definition) is 0. The van der Waals surface area contributed by atoms with Crippen LogP contribution in [0.2, 0.25) is 5.15 Å². The van der Waals surface area contributed by atoms with Crippen LogP contribution in [0.4, 0.5) is 0 Å². The van der Waals surface area contributed by atoms with E-state index in [9.17, 15) is 0 Å². The lowest BCUT2D eigenvalue weighted by atomic mass is 10.3. The van der Waals surface area contributed by atoms with Gasteiger partial charge in [0.25, 0.3) is 0 Å². The van der Waals surface area contributed by atoms with Crippen LogP contribution in [0, 0.1) is 0 Å². The minimum atomic E-state index is 0.170. The number of rotatable bonds is 4. The molecule has 3 aromatic rings. The minimum absolute atomic E-state index is 0.170. The number of benzene rings is 1. The molecule has 0 N–H and O–H groups in total. The zero-order chi connectivity index (χ0) is 15.4. The van der Waals surface area contributed by atoms with E-state index in [-0.39, 0.29) is 5.15 Å². The smallest absolute Gasteiger partial charge is 0.199 e. The van der Waals surface area contributed by atoms with Gasteiger partial charge < -0.3 is 9.47 Å². The minimum Gasteiger partial charge on any atom is -0.493 e. The summed E-state index contributed by atoms with van der Waals surface area (Å²) in [5.41, 5.74) is 0. The van der Waals surface area contributed by atoms with Crippen molar-refractivity contribution in [3.8, 4) is 28.9 Å². The highest BCUT2D eigenvalue weighted by molar-refractivity contribution is 6.30. The van der Waals surface area contributed by atoms with Crippen molar-refractivity contribution in [2.24, 2.45) is 0 Å². The molecule has 0 amide bonds. The molecule has 0 saturated heterocycles. The van der Waals surface area contributed by atoms with Crippen molar-refractivity contribution in [2.45, 2.75) is 0 Å². The molecule has 0 fully saturated rings. The molecule has 0 unspecified atom stereocenters. The average molecular weight is 315 g/mol. The summed E-state index contributed by atoms with van der Waals surface area (Å²) in [5.74, 6) is 2.17. The van der Waals surface area contributed by atoms with Gasteiger partial charge in [0.05, 0.1) is 13.3 Å². The predicted octanol–water partition coefficient (Wildman–Crippen LogP) is 3.39. The predicted molar refractivity (Wildman–Crippen MR) is 81.1 cm³/mol. The molecule has 0 aliphatic rings. The van der Waals surface area contributed by atoms with Crippen LogP contribution < -0.4 is 9.47 Å². The Kier molecular flexibility index (Phi) is 4.11. The van der Waals surface area contributed by atoms with Gasteiger partial charge in [-0.05, 0) is 18.2 Å². The third-order valence-corrected chi connectivity index (χ3v) is 3.04. The molecular formula is C15H11ClN4O2. The third kappa shape index (κ3) is 2.96. The Balaban J connectivity index is 1.90. The molecule has 6 nitrogen and oxygen atoms in total. The fraction of sp³-hybridized carbons (Fsp3) is 0.0667. The quantitative estimate of drug-likeness (QED) is 0.687. The van der Waals surface area contributed by atoms with Crippen molar-refractivity contribution in [1.82, 2.24) is 19.9 Å². The summed E-state index contributed by atoms with van der Waals surface area (Å²) in [7, 11) is 1.57. The van der Waals surface area contributed by atoms with Crippen LogP contribution in [0.25, 0.3) is 11.6 Å². The monoisotopic (exact) mass is 314 g/mol. The lowest BCUT2D eigenvalue weighted by molar-refractivity contribution is 0.378. The summed E-state index contributed by atoms with van der Waals surface area (Å²) >= 11 is 6.15. The van der Waals surface area contributed by atoms with Crippen LogP contribution in [0.5, 0.6) is 17.2 Å². The van der Waals surface area contributed by atoms with E-state index in [0.717, 1.165) is 0 Å². The van der Waals surface area contributed by atoms with E-state index in [1.165, 1.54) is 6.20 Å². The molecule has 0 radical (unpaired) electrons. The lowest BCUT2D eigenvalue weighted by Gasteiger charge is -2.10. The maximum atomic E-state index is 6.15. The summed E-state index contributed by atoms with van der Waals surface area (Å²) < 4.78 is 10.9. The second kappa shape index (κ2) is 6.36. The topological polar surface area (TPSA) is 70.0 Å². The van der Waals surface area contributed by atoms with Crippen molar-refractivity contribution >= 4 is 11.6 Å². The van der Waals surface area contributed by atoms with E-state index >= 15 is 0 Å². The second-order valence-corrected chi connectivity index (χ2v) is 4.53. The maximum absolute atomic E-state index is 6.15. The van der Waals surface area contributed by atoms with E-state index in [2.05, 4.69) is 19.9 Å². The third-order valence-electron chi connectivity index (χ3n) is 2.77. The molecule has 0 aliphatic heterocycles. The molecule has 22 heavy (non-hydrogen) atoms. The zero-order valence-electron chi connectivity index (χ0n) is 11.6. The first-order valence-electron chi connectivity index (χ1n) is 6.38. The molecule has 0 atom stereocenters. The zero-order valence-corrected chi connectivity index (χ0v) is 12.4. The van der Waals surface area contributed by atoms with Crippen LogP contribution in [0.15, 0.2) is 48.9 Å². The Morgan fingerprint density at radius 3 is 2.27 bits per heavy atom. The Labute approximate surface area is 131 Å². The van der Waals surface area contributed by atoms with Crippen molar-refractivity contribution in [1.29, 1.82) is 0 Å². The fourth-order valence-electron chi connectivity index (χ4n) is 1.76. The van der Waals surface area contributed by atoms with Crippen molar-refractivity contribution in [3.05, 3.63) is 54.1 Å². The standard InChI is InChI=1S/C15H11ClN4O2/c1-21-10-5-2-3-6-11(10)22-12-9-19-15(20-13(12)16)14-17-7-4-8-18-14/h2-9H,1H3. The van der Waals surface area contributed by atoms with E-state index in [0.29, 0.717) is 28.9 Å². The largest absolute Gasteiger partial charge is 0.493 e. The highest BCUT2D eigenvalue weighted by Gasteiger charge is 2.12. The van der Waals surface area contributed by atoms with Gasteiger partial charge in [-0.1, -0.05) is 23.7 Å². The van der Waals surface area contributed by atoms with Crippen molar-refractivity contribution < 1.29 is 9.47 Å². The fourth-order valence-corrected chi connectivity index (χ4v) is 1.93. The van der Waals surface area contributed by atoms with Gasteiger partial charge in [-0.15, -0.1) is 0 Å². The number of ether oxygens (including phenoxy) is 2. The van der Waals surface area contributed by atoms with E-state index in [4.69, 9.17) is 21.1 Å². The Morgan fingerprint density at radius 2 is 1.59 bits per heavy atom. The molecule has 0 saturated carbocycles. The van der Waals surface area contributed by atoms with Gasteiger partial charge in [0.15, 0.2) is 34.1 Å². The number of hydrogen-bond acceptors (Lipinski definition) is 6. The summed E-state index contributed by atoms with van der Waals surface area (Å²) in [6.45, 7) is 0. The first-order chi connectivity index (χ1) is 10.8. The normalized spacial score (nSPS) is 10.3. The summed E-state index contributed by atoms with van der Waals surface area (Å²) in [5, 5.41) is 0.170.